The smallest absolute Gasteiger partial charge is 0.0666 e. The minimum Gasteiger partial charge on any atom is -0.302 e. The van der Waals surface area contributed by atoms with Gasteiger partial charge in [-0.1, -0.05) is 0 Å². The molecule has 2 fully saturated rings. The molecule has 0 radical (unpaired) electrons. The lowest BCUT2D eigenvalue weighted by Crippen LogP contribution is -2.24. The van der Waals surface area contributed by atoms with E-state index in [0.717, 1.165) is 23.0 Å². The summed E-state index contributed by atoms with van der Waals surface area (Å²) in [4.78, 5) is 12.0. The highest BCUT2D eigenvalue weighted by molar-refractivity contribution is 5.24. The number of rotatable bonds is 1. The Bertz CT molecular complexity index is 427. The summed E-state index contributed by atoms with van der Waals surface area (Å²) < 4.78 is 0. The second-order valence-corrected chi connectivity index (χ2v) is 5.28. The van der Waals surface area contributed by atoms with Crippen molar-refractivity contribution in [1.29, 1.82) is 0 Å². The first kappa shape index (κ1) is 10.2. The summed E-state index contributed by atoms with van der Waals surface area (Å²) >= 11 is 0. The van der Waals surface area contributed by atoms with Crippen LogP contribution in [0.3, 0.4) is 0 Å². The maximum Gasteiger partial charge on any atom is 0.0666 e. The summed E-state index contributed by atoms with van der Waals surface area (Å²) in [6.07, 6.45) is 1.35. The number of nitrogens with zero attached hydrogens (tertiary/aromatic N) is 3. The molecule has 3 rings (SSSR count). The molecule has 2 aliphatic rings. The lowest BCUT2D eigenvalue weighted by Gasteiger charge is -2.23. The predicted octanol–water partition coefficient (Wildman–Crippen LogP) is 1.82. The highest BCUT2D eigenvalue weighted by Crippen LogP contribution is 2.39. The van der Waals surface area contributed by atoms with Gasteiger partial charge in [-0.15, -0.1) is 0 Å². The number of aryl methyl sites for hydroxylation is 3. The predicted molar refractivity (Wildman–Crippen MR) is 63.5 cm³/mol. The zero-order valence-corrected chi connectivity index (χ0v) is 10.3. The van der Waals surface area contributed by atoms with Crippen molar-refractivity contribution in [3.8, 4) is 0 Å². The fourth-order valence-corrected chi connectivity index (χ4v) is 3.18. The van der Waals surface area contributed by atoms with E-state index in [9.17, 15) is 0 Å². The van der Waals surface area contributed by atoms with Gasteiger partial charge >= 0.3 is 0 Å². The van der Waals surface area contributed by atoms with Crippen LogP contribution in [0.4, 0.5) is 0 Å². The fraction of sp³-hybridized carbons (Fsp3) is 0.692. The Kier molecular flexibility index (Phi) is 2.25. The van der Waals surface area contributed by atoms with Crippen LogP contribution in [-0.4, -0.2) is 34.5 Å². The molecule has 1 aromatic heterocycles. The summed E-state index contributed by atoms with van der Waals surface area (Å²) in [6.45, 7) is 9.98. The molecule has 16 heavy (non-hydrogen) atoms. The zero-order valence-electron chi connectivity index (χ0n) is 10.3. The van der Waals surface area contributed by atoms with Crippen molar-refractivity contribution in [2.24, 2.45) is 5.92 Å². The van der Waals surface area contributed by atoms with Crippen LogP contribution >= 0.6 is 0 Å². The normalized spacial score (nSPS) is 32.3. The third-order valence-corrected chi connectivity index (χ3v) is 4.20. The summed E-state index contributed by atoms with van der Waals surface area (Å²) in [5.74, 6) is 1.47. The lowest BCUT2D eigenvalue weighted by atomic mass is 9.88. The first-order chi connectivity index (χ1) is 7.65. The monoisotopic (exact) mass is 217 g/mol. The molecule has 2 aliphatic heterocycles. The Morgan fingerprint density at radius 2 is 1.75 bits per heavy atom. The Morgan fingerprint density at radius 1 is 1.00 bits per heavy atom. The first-order valence-corrected chi connectivity index (χ1v) is 6.19. The van der Waals surface area contributed by atoms with E-state index in [2.05, 4.69) is 23.7 Å². The molecule has 0 aliphatic carbocycles. The summed E-state index contributed by atoms with van der Waals surface area (Å²) in [7, 11) is 0. The highest BCUT2D eigenvalue weighted by Gasteiger charge is 2.40. The van der Waals surface area contributed by atoms with Crippen LogP contribution < -0.4 is 0 Å². The van der Waals surface area contributed by atoms with Crippen molar-refractivity contribution in [2.45, 2.75) is 33.1 Å². The third-order valence-electron chi connectivity index (χ3n) is 4.20. The van der Waals surface area contributed by atoms with Crippen molar-refractivity contribution < 1.29 is 0 Å². The second-order valence-electron chi connectivity index (χ2n) is 5.28. The van der Waals surface area contributed by atoms with E-state index in [1.165, 1.54) is 31.7 Å². The lowest BCUT2D eigenvalue weighted by molar-refractivity contribution is 0.342. The van der Waals surface area contributed by atoms with Gasteiger partial charge < -0.3 is 4.90 Å². The largest absolute Gasteiger partial charge is 0.302 e. The van der Waals surface area contributed by atoms with Gasteiger partial charge in [0.2, 0.25) is 0 Å². The van der Waals surface area contributed by atoms with E-state index in [1.54, 1.807) is 0 Å². The fourth-order valence-electron chi connectivity index (χ4n) is 3.18. The maximum absolute atomic E-state index is 4.78. The van der Waals surface area contributed by atoms with Crippen molar-refractivity contribution in [2.75, 3.05) is 19.6 Å². The number of aromatic nitrogens is 2. The van der Waals surface area contributed by atoms with Crippen LogP contribution in [0.5, 0.6) is 0 Å². The van der Waals surface area contributed by atoms with E-state index < -0.39 is 0 Å². The SMILES string of the molecule is Cc1nc(C)c([C@@H]2CN3CC[C@@H]2C3)nc1C. The molecule has 3 heterocycles. The van der Waals surface area contributed by atoms with Crippen LogP contribution in [-0.2, 0) is 0 Å². The van der Waals surface area contributed by atoms with Crippen molar-refractivity contribution >= 4 is 0 Å². The standard InChI is InChI=1S/C13H19N3/c1-8-9(2)15-13(10(3)14-8)12-7-16-5-4-11(12)6-16/h11-12H,4-7H2,1-3H3/t11-,12-/m1/s1. The van der Waals surface area contributed by atoms with Gasteiger partial charge in [-0.3, -0.25) is 9.97 Å². The molecular weight excluding hydrogens is 198 g/mol. The average Bonchev–Trinajstić information content (AvgIpc) is 2.84. The Balaban J connectivity index is 1.98. The average molecular weight is 217 g/mol. The summed E-state index contributed by atoms with van der Waals surface area (Å²) in [6, 6.07) is 0. The molecule has 86 valence electrons. The molecule has 0 amide bonds. The van der Waals surface area contributed by atoms with Crippen LogP contribution in [0.2, 0.25) is 0 Å². The van der Waals surface area contributed by atoms with Gasteiger partial charge in [-0.05, 0) is 39.7 Å². The molecule has 3 atom stereocenters. The van der Waals surface area contributed by atoms with Crippen LogP contribution in [0.15, 0.2) is 0 Å². The van der Waals surface area contributed by atoms with Gasteiger partial charge in [0, 0.05) is 19.0 Å². The van der Waals surface area contributed by atoms with E-state index in [1.807, 2.05) is 6.92 Å². The zero-order chi connectivity index (χ0) is 11.3. The third kappa shape index (κ3) is 1.46. The minimum absolute atomic E-state index is 0.639. The molecule has 0 spiro atoms. The molecule has 1 aromatic rings. The van der Waals surface area contributed by atoms with Crippen molar-refractivity contribution in [1.82, 2.24) is 14.9 Å². The number of hydrogen-bond acceptors (Lipinski definition) is 3. The van der Waals surface area contributed by atoms with E-state index in [0.29, 0.717) is 5.92 Å². The van der Waals surface area contributed by atoms with Crippen LogP contribution in [0.25, 0.3) is 0 Å². The Hall–Kier alpha value is -0.960. The van der Waals surface area contributed by atoms with Gasteiger partial charge in [-0.2, -0.15) is 0 Å². The molecule has 2 bridgehead atoms. The molecule has 0 aromatic carbocycles. The summed E-state index contributed by atoms with van der Waals surface area (Å²) in [5.41, 5.74) is 4.57. The van der Waals surface area contributed by atoms with Crippen LogP contribution in [0, 0.1) is 26.7 Å². The van der Waals surface area contributed by atoms with Gasteiger partial charge in [0.05, 0.1) is 22.8 Å². The topological polar surface area (TPSA) is 29.0 Å². The molecule has 3 nitrogen and oxygen atoms in total. The molecular formula is C13H19N3. The Morgan fingerprint density at radius 3 is 2.38 bits per heavy atom. The van der Waals surface area contributed by atoms with E-state index in [-0.39, 0.29) is 0 Å². The first-order valence-electron chi connectivity index (χ1n) is 6.19. The van der Waals surface area contributed by atoms with Gasteiger partial charge in [0.1, 0.15) is 0 Å². The van der Waals surface area contributed by atoms with Crippen molar-refractivity contribution in [3.63, 3.8) is 0 Å². The van der Waals surface area contributed by atoms with Gasteiger partial charge in [-0.25, -0.2) is 0 Å². The Labute approximate surface area is 96.9 Å². The summed E-state index contributed by atoms with van der Waals surface area (Å²) in [5, 5.41) is 0. The van der Waals surface area contributed by atoms with Gasteiger partial charge in [0.25, 0.3) is 0 Å². The minimum atomic E-state index is 0.639. The molecule has 2 saturated heterocycles. The number of hydrogen-bond donors (Lipinski definition) is 0. The van der Waals surface area contributed by atoms with E-state index in [4.69, 9.17) is 4.98 Å². The van der Waals surface area contributed by atoms with Crippen LogP contribution in [0.1, 0.15) is 35.1 Å². The quantitative estimate of drug-likeness (QED) is 0.718. The molecule has 0 saturated carbocycles. The number of piperidine rings is 1. The van der Waals surface area contributed by atoms with E-state index >= 15 is 0 Å². The highest BCUT2D eigenvalue weighted by atomic mass is 15.2. The molecule has 0 N–H and O–H groups in total. The van der Waals surface area contributed by atoms with Crippen molar-refractivity contribution in [3.05, 3.63) is 22.8 Å². The molecule has 3 heteroatoms. The second kappa shape index (κ2) is 3.52. The number of fused-ring (bicyclic) bond motifs is 2. The molecule has 1 unspecified atom stereocenters. The maximum atomic E-state index is 4.78. The van der Waals surface area contributed by atoms with Gasteiger partial charge in [0.15, 0.2) is 0 Å².